The van der Waals surface area contributed by atoms with E-state index in [1.165, 1.54) is 12.5 Å². The van der Waals surface area contributed by atoms with Gasteiger partial charge in [0, 0.05) is 19.3 Å². The molecular formula is C39H58N2O10. The van der Waals surface area contributed by atoms with Crippen molar-refractivity contribution in [3.8, 4) is 17.6 Å². The molecule has 0 fully saturated rings. The number of unbranched alkanes of at least 4 members (excludes halogenated alkanes) is 8. The van der Waals surface area contributed by atoms with Crippen molar-refractivity contribution in [2.75, 3.05) is 26.2 Å². The van der Waals surface area contributed by atoms with Crippen molar-refractivity contribution >= 4 is 29.6 Å². The highest BCUT2D eigenvalue weighted by Crippen LogP contribution is 2.26. The van der Waals surface area contributed by atoms with Crippen molar-refractivity contribution < 1.29 is 49.1 Å². The highest BCUT2D eigenvalue weighted by Gasteiger charge is 2.49. The lowest BCUT2D eigenvalue weighted by molar-refractivity contribution is -0.172. The summed E-state index contributed by atoms with van der Waals surface area (Å²) >= 11 is 0. The van der Waals surface area contributed by atoms with Crippen LogP contribution in [0.25, 0.3) is 0 Å². The van der Waals surface area contributed by atoms with Gasteiger partial charge < -0.3 is 30.5 Å². The standard InChI is InChI=1S/C39H58N2O10/c1-4-7-8-11-14-19-31(42)20-15-12-9-10-13-16-21-33(39(50,38(48)49)29-35(43)44)36(45)40-34(37(46)47)28-30-22-24-32(25-23-30)51-27-18-17-26-41(5-2)6-3/h16,21-25,33-34,50H,4-15,19-20,26-29H2,1-3H3,(H,40,45)(H,43,44)(H,46,47)(H,48,49)/b21-16+/t33-,34+,39+/m1/s1. The molecule has 0 saturated carbocycles. The monoisotopic (exact) mass is 714 g/mol. The van der Waals surface area contributed by atoms with E-state index in [0.29, 0.717) is 43.5 Å². The summed E-state index contributed by atoms with van der Waals surface area (Å²) in [5.41, 5.74) is -2.50. The number of nitrogens with zero attached hydrogens (tertiary/aromatic N) is 1. The Morgan fingerprint density at radius 1 is 0.863 bits per heavy atom. The van der Waals surface area contributed by atoms with Gasteiger partial charge in [-0.3, -0.25) is 19.3 Å². The number of carbonyl (C=O) groups is 5. The summed E-state index contributed by atoms with van der Waals surface area (Å²) in [6, 6.07) is 5.02. The molecule has 0 aliphatic heterocycles. The molecule has 0 aliphatic carbocycles. The van der Waals surface area contributed by atoms with E-state index in [1.807, 2.05) is 0 Å². The van der Waals surface area contributed by atoms with Gasteiger partial charge in [0.1, 0.15) is 24.2 Å². The number of hydrogen-bond donors (Lipinski definition) is 5. The van der Waals surface area contributed by atoms with Gasteiger partial charge in [-0.25, -0.2) is 9.59 Å². The zero-order valence-corrected chi connectivity index (χ0v) is 30.5. The summed E-state index contributed by atoms with van der Waals surface area (Å²) in [6.45, 7) is 8.87. The van der Waals surface area contributed by atoms with E-state index in [4.69, 9.17) is 4.74 Å². The Labute approximate surface area is 302 Å². The second-order valence-electron chi connectivity index (χ2n) is 12.7. The van der Waals surface area contributed by atoms with Gasteiger partial charge in [-0.2, -0.15) is 0 Å². The largest absolute Gasteiger partial charge is 0.481 e. The van der Waals surface area contributed by atoms with Gasteiger partial charge in [0.25, 0.3) is 0 Å². The predicted octanol–water partition coefficient (Wildman–Crippen LogP) is 5.26. The second kappa shape index (κ2) is 25.7. The van der Waals surface area contributed by atoms with Crippen LogP contribution in [0.2, 0.25) is 0 Å². The molecule has 0 spiro atoms. The molecule has 0 aromatic heterocycles. The maximum atomic E-state index is 13.4. The molecule has 284 valence electrons. The Morgan fingerprint density at radius 3 is 2.02 bits per heavy atom. The number of allylic oxidation sites excluding steroid dienone is 1. The quantitative estimate of drug-likeness (QED) is 0.0433. The van der Waals surface area contributed by atoms with Gasteiger partial charge in [0.15, 0.2) is 5.60 Å². The smallest absolute Gasteiger partial charge is 0.337 e. The first kappa shape index (κ1) is 44.8. The highest BCUT2D eigenvalue weighted by molar-refractivity contribution is 5.94. The van der Waals surface area contributed by atoms with Crippen molar-refractivity contribution in [3.05, 3.63) is 42.0 Å². The van der Waals surface area contributed by atoms with Crippen molar-refractivity contribution in [1.29, 1.82) is 0 Å². The molecule has 12 heteroatoms. The summed E-state index contributed by atoms with van der Waals surface area (Å²) in [5, 5.41) is 42.2. The number of carboxylic acid groups (broad SMARTS) is 3. The fraction of sp³-hybridized carbons (Fsp3) is 0.615. The zero-order valence-electron chi connectivity index (χ0n) is 30.5. The molecule has 0 radical (unpaired) electrons. The molecule has 0 saturated heterocycles. The van der Waals surface area contributed by atoms with Crippen LogP contribution in [0.1, 0.15) is 110 Å². The van der Waals surface area contributed by atoms with E-state index in [2.05, 4.69) is 42.8 Å². The number of nitrogens with one attached hydrogen (secondary N) is 1. The normalized spacial score (nSPS) is 13.5. The fourth-order valence-electron chi connectivity index (χ4n) is 5.44. The van der Waals surface area contributed by atoms with E-state index in [-0.39, 0.29) is 18.8 Å². The summed E-state index contributed by atoms with van der Waals surface area (Å²) in [6.07, 6.45) is 11.2. The van der Waals surface area contributed by atoms with E-state index >= 15 is 0 Å². The van der Waals surface area contributed by atoms with E-state index in [0.717, 1.165) is 64.1 Å². The predicted molar refractivity (Wildman–Crippen MR) is 194 cm³/mol. The molecule has 5 N–H and O–H groups in total. The van der Waals surface area contributed by atoms with Crippen LogP contribution in [-0.4, -0.2) is 92.8 Å². The topological polar surface area (TPSA) is 191 Å². The number of rotatable bonds is 28. The average molecular weight is 715 g/mol. The van der Waals surface area contributed by atoms with Gasteiger partial charge in [0.2, 0.25) is 5.91 Å². The van der Waals surface area contributed by atoms with E-state index < -0.39 is 47.8 Å². The number of aliphatic hydroxyl groups is 1. The summed E-state index contributed by atoms with van der Waals surface area (Å²) < 4.78 is 5.63. The number of amides is 1. The van der Waals surface area contributed by atoms with Crippen LogP contribution in [0.15, 0.2) is 36.4 Å². The minimum absolute atomic E-state index is 0.173. The number of Topliss-reactive ketones (excluding diaryl/α,β-unsaturated/α-hetero) is 1. The van der Waals surface area contributed by atoms with Crippen LogP contribution in [-0.2, 0) is 30.4 Å². The number of hydrogen-bond acceptors (Lipinski definition) is 8. The Kier molecular flexibility index (Phi) is 22.6. The van der Waals surface area contributed by atoms with Crippen LogP contribution in [0, 0.1) is 17.8 Å². The molecule has 12 nitrogen and oxygen atoms in total. The first-order valence-electron chi connectivity index (χ1n) is 18.2. The molecule has 1 aromatic carbocycles. The molecule has 3 atom stereocenters. The van der Waals surface area contributed by atoms with Crippen LogP contribution >= 0.6 is 0 Å². The van der Waals surface area contributed by atoms with Gasteiger partial charge >= 0.3 is 17.9 Å². The van der Waals surface area contributed by atoms with Crippen LogP contribution < -0.4 is 10.1 Å². The van der Waals surface area contributed by atoms with Crippen LogP contribution in [0.3, 0.4) is 0 Å². The third-order valence-corrected chi connectivity index (χ3v) is 8.66. The first-order chi connectivity index (χ1) is 24.4. The molecule has 0 unspecified atom stereocenters. The van der Waals surface area contributed by atoms with Gasteiger partial charge in [-0.05, 0) is 56.5 Å². The van der Waals surface area contributed by atoms with Gasteiger partial charge in [-0.1, -0.05) is 95.4 Å². The number of ketones is 1. The number of carbonyl (C=O) groups excluding carboxylic acids is 2. The Hall–Kier alpha value is -4.21. The Morgan fingerprint density at radius 2 is 1.47 bits per heavy atom. The lowest BCUT2D eigenvalue weighted by Gasteiger charge is -2.29. The number of benzene rings is 1. The molecule has 1 aromatic rings. The summed E-state index contributed by atoms with van der Waals surface area (Å²) in [4.78, 5) is 63.4. The third kappa shape index (κ3) is 18.6. The molecule has 1 rings (SSSR count). The van der Waals surface area contributed by atoms with Crippen LogP contribution in [0.5, 0.6) is 5.75 Å². The maximum absolute atomic E-state index is 13.4. The first-order valence-corrected chi connectivity index (χ1v) is 18.2. The highest BCUT2D eigenvalue weighted by atomic mass is 16.5. The second-order valence-corrected chi connectivity index (χ2v) is 12.7. The number of aliphatic carboxylic acids is 3. The summed E-state index contributed by atoms with van der Waals surface area (Å²) in [5.74, 6) is -1.23. The fourth-order valence-corrected chi connectivity index (χ4v) is 5.44. The average Bonchev–Trinajstić information content (AvgIpc) is 3.08. The molecule has 0 bridgehead atoms. The molecule has 0 heterocycles. The lowest BCUT2D eigenvalue weighted by Crippen LogP contribution is -2.55. The minimum Gasteiger partial charge on any atom is -0.481 e. The molecule has 1 amide bonds. The third-order valence-electron chi connectivity index (χ3n) is 8.66. The summed E-state index contributed by atoms with van der Waals surface area (Å²) in [7, 11) is 0. The molecule has 0 aliphatic rings. The number of carboxylic acids is 3. The Bertz CT molecular complexity index is 1310. The number of ether oxygens (including phenoxy) is 1. The van der Waals surface area contributed by atoms with Crippen molar-refractivity contribution in [2.45, 2.75) is 122 Å². The van der Waals surface area contributed by atoms with Gasteiger partial charge in [0.05, 0.1) is 18.9 Å². The van der Waals surface area contributed by atoms with E-state index in [1.54, 1.807) is 24.3 Å². The minimum atomic E-state index is -3.03. The zero-order chi connectivity index (χ0) is 38.1. The molecular weight excluding hydrogens is 656 g/mol. The van der Waals surface area contributed by atoms with Crippen LogP contribution in [0.4, 0.5) is 0 Å². The SMILES string of the molecule is CCCCCCCC(=O)CCCCCC/C=C/[C@H](C(=O)N[C@@H](Cc1ccc(OCC#CCN(CC)CC)cc1)C(=O)O)[C@@](O)(CC(=O)O)C(=O)O. The molecule has 51 heavy (non-hydrogen) atoms. The van der Waals surface area contributed by atoms with Crippen molar-refractivity contribution in [1.82, 2.24) is 10.2 Å². The lowest BCUT2D eigenvalue weighted by atomic mass is 9.82. The van der Waals surface area contributed by atoms with Crippen molar-refractivity contribution in [2.24, 2.45) is 5.92 Å². The van der Waals surface area contributed by atoms with Crippen molar-refractivity contribution in [3.63, 3.8) is 0 Å². The van der Waals surface area contributed by atoms with Gasteiger partial charge in [-0.15, -0.1) is 0 Å². The Balaban J connectivity index is 2.83. The maximum Gasteiger partial charge on any atom is 0.337 e. The van der Waals surface area contributed by atoms with E-state index in [9.17, 15) is 44.4 Å².